The van der Waals surface area contributed by atoms with E-state index in [0.717, 1.165) is 17.0 Å². The van der Waals surface area contributed by atoms with E-state index in [-0.39, 0.29) is 27.5 Å². The van der Waals surface area contributed by atoms with Crippen molar-refractivity contribution in [2.75, 3.05) is 0 Å². The Balaban J connectivity index is 0.000000161. The van der Waals surface area contributed by atoms with Gasteiger partial charge in [-0.25, -0.2) is 0 Å². The van der Waals surface area contributed by atoms with Gasteiger partial charge in [-0.3, -0.25) is 4.98 Å². The molecule has 0 aliphatic heterocycles. The van der Waals surface area contributed by atoms with Gasteiger partial charge in [0.25, 0.3) is 0 Å². The third-order valence-electron chi connectivity index (χ3n) is 18.0. The average Bonchev–Trinajstić information content (AvgIpc) is 4.12. The first-order chi connectivity index (χ1) is 31.5. The zero-order chi connectivity index (χ0) is 43.2. The maximum atomic E-state index is 4.66. The Hall–Kier alpha value is -4.17. The summed E-state index contributed by atoms with van der Waals surface area (Å²) in [4.78, 5) is 9.29. The predicted octanol–water partition coefficient (Wildman–Crippen LogP) is 17.2. The number of benzene rings is 4. The van der Waals surface area contributed by atoms with Gasteiger partial charge in [-0.2, -0.15) is 0 Å². The molecule has 0 atom stereocenters. The van der Waals surface area contributed by atoms with Gasteiger partial charge in [0, 0.05) is 48.9 Å². The summed E-state index contributed by atoms with van der Waals surface area (Å²) in [6.45, 7) is 4.59. The Bertz CT molecular complexity index is 2420. The summed E-state index contributed by atoms with van der Waals surface area (Å²) in [5, 5.41) is 0. The number of pyridine rings is 2. The van der Waals surface area contributed by atoms with Gasteiger partial charge in [0.1, 0.15) is 0 Å². The van der Waals surface area contributed by atoms with Crippen molar-refractivity contribution >= 4 is 0 Å². The number of hydrogen-bond acceptors (Lipinski definition) is 2. The van der Waals surface area contributed by atoms with E-state index in [1.807, 2.05) is 24.5 Å². The Kier molecular flexibility index (Phi) is 13.8. The topological polar surface area (TPSA) is 25.8 Å². The van der Waals surface area contributed by atoms with Crippen LogP contribution in [0.5, 0.6) is 0 Å². The molecule has 345 valence electrons. The fourth-order valence-corrected chi connectivity index (χ4v) is 15.2. The molecule has 12 rings (SSSR count). The predicted molar refractivity (Wildman–Crippen MR) is 274 cm³/mol. The molecule has 1 radical (unpaired) electrons. The second-order valence-corrected chi connectivity index (χ2v) is 21.0. The van der Waals surface area contributed by atoms with Crippen molar-refractivity contribution in [3.8, 4) is 44.8 Å². The van der Waals surface area contributed by atoms with Gasteiger partial charge < -0.3 is 4.98 Å². The molecule has 0 unspecified atom stereocenters. The van der Waals surface area contributed by atoms with Crippen LogP contribution in [0.15, 0.2) is 116 Å². The van der Waals surface area contributed by atoms with Gasteiger partial charge >= 0.3 is 0 Å². The van der Waals surface area contributed by atoms with E-state index in [9.17, 15) is 0 Å². The summed E-state index contributed by atoms with van der Waals surface area (Å²) in [5.41, 5.74) is 21.5. The molecule has 4 aromatic carbocycles. The van der Waals surface area contributed by atoms with Crippen molar-refractivity contribution in [1.29, 1.82) is 0 Å². The standard InChI is InChI=1S/C31H35N.C31H34N.CH4.Ir/c2*1-2-3-4-5-10-23-12-14-27-25(21-23)26-22-24(29-11-6-7-20-32-29)13-15-28(26)31-18-8-16-30(27,31)17-9-19-31;;/h6-7,11-15,20-22H,2-5,8-10,16-19H2,1H3;6-7,11-12,14-15,20-22H,2-5,8-10,16-19H2,1H3;1H4;/q;-1;;. The van der Waals surface area contributed by atoms with Crippen molar-refractivity contribution in [2.45, 2.75) is 184 Å². The van der Waals surface area contributed by atoms with Crippen LogP contribution in [0.25, 0.3) is 44.8 Å². The van der Waals surface area contributed by atoms with Crippen LogP contribution < -0.4 is 0 Å². The molecule has 4 saturated carbocycles. The monoisotopic (exact) mass is 1050 g/mol. The molecule has 2 aromatic heterocycles. The van der Waals surface area contributed by atoms with Crippen LogP contribution in [-0.4, -0.2) is 9.97 Å². The van der Waals surface area contributed by atoms with E-state index in [2.05, 4.69) is 121 Å². The zero-order valence-electron chi connectivity index (χ0n) is 39.3. The minimum atomic E-state index is 0. The molecule has 0 N–H and O–H groups in total. The molecule has 0 spiro atoms. The summed E-state index contributed by atoms with van der Waals surface area (Å²) in [7, 11) is 0. The van der Waals surface area contributed by atoms with Crippen molar-refractivity contribution in [3.63, 3.8) is 0 Å². The van der Waals surface area contributed by atoms with Crippen LogP contribution in [0.2, 0.25) is 0 Å². The van der Waals surface area contributed by atoms with Crippen molar-refractivity contribution in [1.82, 2.24) is 9.97 Å². The second kappa shape index (κ2) is 19.4. The van der Waals surface area contributed by atoms with Gasteiger partial charge in [0.15, 0.2) is 0 Å². The molecule has 0 saturated heterocycles. The zero-order valence-corrected chi connectivity index (χ0v) is 41.6. The fourth-order valence-electron chi connectivity index (χ4n) is 15.2. The summed E-state index contributed by atoms with van der Waals surface area (Å²) in [5.74, 6) is 0. The van der Waals surface area contributed by atoms with Crippen LogP contribution >= 0.6 is 0 Å². The summed E-state index contributed by atoms with van der Waals surface area (Å²) >= 11 is 0. The molecule has 2 heterocycles. The number of aryl methyl sites for hydroxylation is 2. The smallest absolute Gasteiger partial charge is 0.0702 e. The first-order valence-electron chi connectivity index (χ1n) is 25.9. The van der Waals surface area contributed by atoms with Crippen LogP contribution in [-0.2, 0) is 54.6 Å². The van der Waals surface area contributed by atoms with Crippen LogP contribution in [0.1, 0.15) is 183 Å². The van der Waals surface area contributed by atoms with E-state index < -0.39 is 0 Å². The van der Waals surface area contributed by atoms with E-state index in [1.54, 1.807) is 22.3 Å². The Morgan fingerprint density at radius 3 is 1.36 bits per heavy atom. The van der Waals surface area contributed by atoms with Crippen molar-refractivity contribution in [3.05, 3.63) is 155 Å². The molecule has 6 aliphatic carbocycles. The molecule has 2 nitrogen and oxygen atoms in total. The molecule has 66 heavy (non-hydrogen) atoms. The van der Waals surface area contributed by atoms with Crippen LogP contribution in [0.3, 0.4) is 0 Å². The molecule has 6 aromatic rings. The Morgan fingerprint density at radius 1 is 0.455 bits per heavy atom. The molecule has 4 fully saturated rings. The van der Waals surface area contributed by atoms with Crippen molar-refractivity contribution < 1.29 is 20.1 Å². The minimum Gasteiger partial charge on any atom is -0.305 e. The van der Waals surface area contributed by atoms with E-state index in [1.165, 1.54) is 180 Å². The van der Waals surface area contributed by atoms with Gasteiger partial charge in [0.2, 0.25) is 0 Å². The third kappa shape index (κ3) is 7.53. The molecular weight excluding hydrogens is 977 g/mol. The van der Waals surface area contributed by atoms with Gasteiger partial charge in [-0.05, 0) is 150 Å². The van der Waals surface area contributed by atoms with E-state index in [4.69, 9.17) is 0 Å². The van der Waals surface area contributed by atoms with E-state index >= 15 is 0 Å². The number of nitrogens with zero attached hydrogens (tertiary/aromatic N) is 2. The van der Waals surface area contributed by atoms with Gasteiger partial charge in [-0.1, -0.05) is 171 Å². The quantitative estimate of drug-likeness (QED) is 0.0902. The molecule has 6 aliphatic rings. The second-order valence-electron chi connectivity index (χ2n) is 21.0. The summed E-state index contributed by atoms with van der Waals surface area (Å²) < 4.78 is 0. The number of fused-ring (bicyclic) bond motifs is 6. The van der Waals surface area contributed by atoms with Crippen LogP contribution in [0, 0.1) is 6.07 Å². The van der Waals surface area contributed by atoms with E-state index in [0.29, 0.717) is 21.7 Å². The number of aromatic nitrogens is 2. The first kappa shape index (κ1) is 46.9. The Morgan fingerprint density at radius 2 is 0.894 bits per heavy atom. The van der Waals surface area contributed by atoms with Crippen molar-refractivity contribution in [2.24, 2.45) is 0 Å². The fraction of sp³-hybridized carbons (Fsp3) is 0.460. The largest absolute Gasteiger partial charge is 0.305 e. The summed E-state index contributed by atoms with van der Waals surface area (Å²) in [6, 6.07) is 43.3. The third-order valence-corrected chi connectivity index (χ3v) is 18.0. The van der Waals surface area contributed by atoms with Crippen LogP contribution in [0.4, 0.5) is 0 Å². The molecule has 0 amide bonds. The number of hydrogen-bond donors (Lipinski definition) is 0. The SMILES string of the molecule is C.CCCCCCc1ccc2c(c1)-c1cc(-c3ccccn3)[c-]cc1C13CCCC21CCC3.CCCCCCc1ccc2c(c1)-c1cc(-c3ccccn3)ccc1C13CCCC21CCC3.[Ir]. The maximum Gasteiger partial charge on any atom is 0.0702 e. The molecule has 0 bridgehead atoms. The number of unbranched alkanes of at least 4 members (excludes halogenated alkanes) is 6. The molecule has 3 heteroatoms. The maximum absolute atomic E-state index is 4.66. The summed E-state index contributed by atoms with van der Waals surface area (Å²) in [6.07, 6.45) is 33.2. The first-order valence-corrected chi connectivity index (χ1v) is 25.9. The molecular formula is C63H73IrN2-. The number of rotatable bonds is 12. The van der Waals surface area contributed by atoms with Gasteiger partial charge in [-0.15, -0.1) is 29.3 Å². The Labute approximate surface area is 411 Å². The minimum absolute atomic E-state index is 0. The average molecular weight is 1050 g/mol. The van der Waals surface area contributed by atoms with Gasteiger partial charge in [0.05, 0.1) is 5.69 Å². The normalized spacial score (nSPS) is 24.4.